The van der Waals surface area contributed by atoms with Gasteiger partial charge in [0, 0.05) is 31.6 Å². The zero-order valence-corrected chi connectivity index (χ0v) is 10.3. The smallest absolute Gasteiger partial charge is 0.0426 e. The molecule has 0 saturated heterocycles. The van der Waals surface area contributed by atoms with Gasteiger partial charge in [-0.2, -0.15) is 0 Å². The lowest BCUT2D eigenvalue weighted by atomic mass is 9.86. The summed E-state index contributed by atoms with van der Waals surface area (Å²) >= 11 is 0. The molecule has 1 N–H and O–H groups in total. The van der Waals surface area contributed by atoms with E-state index in [2.05, 4.69) is 49.3 Å². The second kappa shape index (κ2) is 4.47. The van der Waals surface area contributed by atoms with E-state index in [9.17, 15) is 0 Å². The highest BCUT2D eigenvalue weighted by atomic mass is 14.8. The normalized spacial score (nSPS) is 12.1. The van der Waals surface area contributed by atoms with Crippen LogP contribution in [0.3, 0.4) is 0 Å². The van der Waals surface area contributed by atoms with Crippen molar-refractivity contribution >= 4 is 11.9 Å². The summed E-state index contributed by atoms with van der Waals surface area (Å²) in [4.78, 5) is 4.07. The highest BCUT2D eigenvalue weighted by Gasteiger charge is 2.14. The second-order valence-electron chi connectivity index (χ2n) is 4.69. The van der Waals surface area contributed by atoms with Gasteiger partial charge in [-0.3, -0.25) is 4.99 Å². The lowest BCUT2D eigenvalue weighted by molar-refractivity contribution is 0.590. The SMILES string of the molecule is CN=Cc1cc(C(C)(C)C)ccc1NC. The van der Waals surface area contributed by atoms with Crippen LogP contribution in [0.4, 0.5) is 5.69 Å². The van der Waals surface area contributed by atoms with E-state index < -0.39 is 0 Å². The van der Waals surface area contributed by atoms with Crippen LogP contribution in [-0.2, 0) is 5.41 Å². The van der Waals surface area contributed by atoms with Crippen LogP contribution in [0.25, 0.3) is 0 Å². The van der Waals surface area contributed by atoms with Crippen LogP contribution in [-0.4, -0.2) is 20.3 Å². The summed E-state index contributed by atoms with van der Waals surface area (Å²) in [6, 6.07) is 6.47. The molecule has 0 unspecified atom stereocenters. The Morgan fingerprint density at radius 1 is 1.27 bits per heavy atom. The Morgan fingerprint density at radius 3 is 2.40 bits per heavy atom. The fourth-order valence-corrected chi connectivity index (χ4v) is 1.50. The average molecular weight is 204 g/mol. The minimum absolute atomic E-state index is 0.183. The van der Waals surface area contributed by atoms with Crippen molar-refractivity contribution in [1.82, 2.24) is 0 Å². The first-order chi connectivity index (χ1) is 6.99. The molecule has 15 heavy (non-hydrogen) atoms. The molecule has 0 aliphatic rings. The fourth-order valence-electron chi connectivity index (χ4n) is 1.50. The predicted octanol–water partition coefficient (Wildman–Crippen LogP) is 3.07. The molecule has 0 amide bonds. The van der Waals surface area contributed by atoms with Gasteiger partial charge in [-0.1, -0.05) is 26.8 Å². The second-order valence-corrected chi connectivity index (χ2v) is 4.69. The first kappa shape index (κ1) is 11.8. The molecule has 0 atom stereocenters. The van der Waals surface area contributed by atoms with E-state index in [0.29, 0.717) is 0 Å². The van der Waals surface area contributed by atoms with Crippen LogP contribution < -0.4 is 5.32 Å². The quantitative estimate of drug-likeness (QED) is 0.736. The van der Waals surface area contributed by atoms with Gasteiger partial charge < -0.3 is 5.32 Å². The van der Waals surface area contributed by atoms with Gasteiger partial charge in [-0.15, -0.1) is 0 Å². The minimum atomic E-state index is 0.183. The number of anilines is 1. The van der Waals surface area contributed by atoms with Gasteiger partial charge >= 0.3 is 0 Å². The largest absolute Gasteiger partial charge is 0.388 e. The maximum atomic E-state index is 4.07. The van der Waals surface area contributed by atoms with Crippen molar-refractivity contribution in [2.24, 2.45) is 4.99 Å². The van der Waals surface area contributed by atoms with E-state index in [-0.39, 0.29) is 5.41 Å². The van der Waals surface area contributed by atoms with Crippen molar-refractivity contribution in [2.45, 2.75) is 26.2 Å². The van der Waals surface area contributed by atoms with Gasteiger partial charge in [-0.25, -0.2) is 0 Å². The molecule has 0 heterocycles. The number of nitrogens with one attached hydrogen (secondary N) is 1. The molecule has 82 valence electrons. The highest BCUT2D eigenvalue weighted by Crippen LogP contribution is 2.25. The molecule has 2 nitrogen and oxygen atoms in total. The lowest BCUT2D eigenvalue weighted by Gasteiger charge is -2.20. The first-order valence-corrected chi connectivity index (χ1v) is 5.23. The molecule has 1 aromatic carbocycles. The maximum Gasteiger partial charge on any atom is 0.0426 e. The summed E-state index contributed by atoms with van der Waals surface area (Å²) in [5, 5.41) is 3.17. The van der Waals surface area contributed by atoms with Crippen molar-refractivity contribution in [2.75, 3.05) is 19.4 Å². The molecule has 1 rings (SSSR count). The third-order valence-electron chi connectivity index (χ3n) is 2.46. The molecule has 1 aromatic rings. The monoisotopic (exact) mass is 204 g/mol. The maximum absolute atomic E-state index is 4.07. The summed E-state index contributed by atoms with van der Waals surface area (Å²) < 4.78 is 0. The summed E-state index contributed by atoms with van der Waals surface area (Å²) in [6.07, 6.45) is 1.89. The summed E-state index contributed by atoms with van der Waals surface area (Å²) in [6.45, 7) is 6.65. The molecule has 2 heteroatoms. The lowest BCUT2D eigenvalue weighted by Crippen LogP contribution is -2.12. The topological polar surface area (TPSA) is 24.4 Å². The van der Waals surface area contributed by atoms with Gasteiger partial charge in [0.1, 0.15) is 0 Å². The van der Waals surface area contributed by atoms with E-state index in [4.69, 9.17) is 0 Å². The Morgan fingerprint density at radius 2 is 1.93 bits per heavy atom. The Hall–Kier alpha value is -1.31. The first-order valence-electron chi connectivity index (χ1n) is 5.23. The van der Waals surface area contributed by atoms with Crippen LogP contribution in [0, 0.1) is 0 Å². The average Bonchev–Trinajstić information content (AvgIpc) is 2.17. The van der Waals surface area contributed by atoms with Gasteiger partial charge in [0.2, 0.25) is 0 Å². The molecule has 0 fully saturated rings. The molecular weight excluding hydrogens is 184 g/mol. The molecule has 0 aromatic heterocycles. The molecular formula is C13H20N2. The number of aliphatic imine (C=N–C) groups is 1. The zero-order valence-electron chi connectivity index (χ0n) is 10.3. The molecule has 0 aliphatic carbocycles. The summed E-state index contributed by atoms with van der Waals surface area (Å²) in [7, 11) is 3.72. The number of rotatable bonds is 2. The molecule has 0 bridgehead atoms. The molecule has 0 aliphatic heterocycles. The van der Waals surface area contributed by atoms with Crippen molar-refractivity contribution in [3.8, 4) is 0 Å². The van der Waals surface area contributed by atoms with E-state index in [0.717, 1.165) is 11.3 Å². The van der Waals surface area contributed by atoms with Crippen LogP contribution in [0.5, 0.6) is 0 Å². The van der Waals surface area contributed by atoms with Crippen molar-refractivity contribution in [3.05, 3.63) is 29.3 Å². The van der Waals surface area contributed by atoms with Crippen LogP contribution >= 0.6 is 0 Å². The van der Waals surface area contributed by atoms with E-state index in [1.807, 2.05) is 13.3 Å². The Bertz CT molecular complexity index is 359. The summed E-state index contributed by atoms with van der Waals surface area (Å²) in [5.41, 5.74) is 3.78. The Balaban J connectivity index is 3.22. The Kier molecular flexibility index (Phi) is 3.51. The number of nitrogens with zero attached hydrogens (tertiary/aromatic N) is 1. The number of hydrogen-bond donors (Lipinski definition) is 1. The third kappa shape index (κ3) is 2.82. The predicted molar refractivity (Wildman–Crippen MR) is 68.2 cm³/mol. The van der Waals surface area contributed by atoms with Crippen LogP contribution in [0.15, 0.2) is 23.2 Å². The van der Waals surface area contributed by atoms with Crippen LogP contribution in [0.1, 0.15) is 31.9 Å². The highest BCUT2D eigenvalue weighted by molar-refractivity contribution is 5.88. The van der Waals surface area contributed by atoms with Crippen LogP contribution in [0.2, 0.25) is 0 Å². The van der Waals surface area contributed by atoms with E-state index >= 15 is 0 Å². The molecule has 0 spiro atoms. The number of hydrogen-bond acceptors (Lipinski definition) is 2. The van der Waals surface area contributed by atoms with E-state index in [1.165, 1.54) is 5.56 Å². The van der Waals surface area contributed by atoms with Crippen molar-refractivity contribution < 1.29 is 0 Å². The number of benzene rings is 1. The van der Waals surface area contributed by atoms with E-state index in [1.54, 1.807) is 7.05 Å². The summed E-state index contributed by atoms with van der Waals surface area (Å²) in [5.74, 6) is 0. The minimum Gasteiger partial charge on any atom is -0.388 e. The van der Waals surface area contributed by atoms with Gasteiger partial charge in [0.15, 0.2) is 0 Å². The zero-order chi connectivity index (χ0) is 11.5. The van der Waals surface area contributed by atoms with Gasteiger partial charge in [0.05, 0.1) is 0 Å². The van der Waals surface area contributed by atoms with Gasteiger partial charge in [0.25, 0.3) is 0 Å². The van der Waals surface area contributed by atoms with Crippen molar-refractivity contribution in [1.29, 1.82) is 0 Å². The molecule has 0 saturated carbocycles. The standard InChI is InChI=1S/C13H20N2/c1-13(2,3)11-6-7-12(15-5)10(8-11)9-14-4/h6-9,15H,1-5H3. The third-order valence-corrected chi connectivity index (χ3v) is 2.46. The fraction of sp³-hybridized carbons (Fsp3) is 0.462. The van der Waals surface area contributed by atoms with Crippen molar-refractivity contribution in [3.63, 3.8) is 0 Å². The van der Waals surface area contributed by atoms with Gasteiger partial charge in [-0.05, 0) is 23.1 Å². The molecule has 0 radical (unpaired) electrons. The Labute approximate surface area is 92.4 Å².